The van der Waals surface area contributed by atoms with Crippen LogP contribution in [0.1, 0.15) is 0 Å². The van der Waals surface area contributed by atoms with Gasteiger partial charge < -0.3 is 14.4 Å². The Morgan fingerprint density at radius 2 is 1.58 bits per heavy atom. The summed E-state index contributed by atoms with van der Waals surface area (Å²) in [6, 6.07) is 17.0. The number of nitrogens with zero attached hydrogens (tertiary/aromatic N) is 2. The maximum atomic E-state index is 11.9. The van der Waals surface area contributed by atoms with Crippen LogP contribution < -0.4 is 19.8 Å². The molecule has 0 spiro atoms. The number of rotatable bonds is 4. The first-order valence-corrected chi connectivity index (χ1v) is 7.92. The number of benzene rings is 2. The molecule has 24 heavy (non-hydrogen) atoms. The molecule has 0 aliphatic carbocycles. The van der Waals surface area contributed by atoms with E-state index < -0.39 is 6.09 Å². The third-order valence-electron chi connectivity index (χ3n) is 3.92. The number of carbonyl (C=O) groups excluding carboxylic acids is 1. The third kappa shape index (κ3) is 4.17. The van der Waals surface area contributed by atoms with Crippen molar-refractivity contribution < 1.29 is 14.3 Å². The maximum absolute atomic E-state index is 11.9. The number of amides is 1. The van der Waals surface area contributed by atoms with Gasteiger partial charge >= 0.3 is 6.09 Å². The summed E-state index contributed by atoms with van der Waals surface area (Å²) < 4.78 is 10.4. The van der Waals surface area contributed by atoms with Crippen molar-refractivity contribution in [1.82, 2.24) is 10.4 Å². The molecule has 1 N–H and O–H groups in total. The van der Waals surface area contributed by atoms with Crippen molar-refractivity contribution in [1.29, 1.82) is 0 Å². The van der Waals surface area contributed by atoms with Crippen molar-refractivity contribution in [3.8, 4) is 11.5 Å². The van der Waals surface area contributed by atoms with Crippen LogP contribution in [-0.2, 0) is 0 Å². The van der Waals surface area contributed by atoms with Crippen molar-refractivity contribution in [2.45, 2.75) is 0 Å². The largest absolute Gasteiger partial charge is 0.497 e. The molecular weight excluding hydrogens is 306 g/mol. The lowest BCUT2D eigenvalue weighted by Gasteiger charge is -2.35. The van der Waals surface area contributed by atoms with E-state index in [-0.39, 0.29) is 0 Å². The fourth-order valence-corrected chi connectivity index (χ4v) is 2.62. The maximum Gasteiger partial charge on any atom is 0.427 e. The first-order valence-electron chi connectivity index (χ1n) is 7.92. The number of hydrazine groups is 1. The lowest BCUT2D eigenvalue weighted by molar-refractivity contribution is 0.139. The zero-order valence-corrected chi connectivity index (χ0v) is 13.6. The summed E-state index contributed by atoms with van der Waals surface area (Å²) in [7, 11) is 1.66. The molecule has 0 atom stereocenters. The molecule has 1 amide bonds. The summed E-state index contributed by atoms with van der Waals surface area (Å²) in [5.41, 5.74) is 3.94. The molecule has 0 saturated carbocycles. The van der Waals surface area contributed by atoms with Crippen LogP contribution in [0, 0.1) is 0 Å². The van der Waals surface area contributed by atoms with E-state index in [4.69, 9.17) is 9.47 Å². The van der Waals surface area contributed by atoms with Gasteiger partial charge in [0.05, 0.1) is 7.11 Å². The van der Waals surface area contributed by atoms with E-state index >= 15 is 0 Å². The number of para-hydroxylation sites is 1. The molecule has 2 aromatic rings. The predicted octanol–water partition coefficient (Wildman–Crippen LogP) is 2.52. The zero-order valence-electron chi connectivity index (χ0n) is 13.6. The Hall–Kier alpha value is -2.73. The van der Waals surface area contributed by atoms with Crippen LogP contribution >= 0.6 is 0 Å². The number of ether oxygens (including phenoxy) is 2. The monoisotopic (exact) mass is 327 g/mol. The van der Waals surface area contributed by atoms with E-state index in [9.17, 15) is 4.79 Å². The molecule has 0 radical (unpaired) electrons. The Bertz CT molecular complexity index is 653. The van der Waals surface area contributed by atoms with Crippen molar-refractivity contribution in [2.24, 2.45) is 0 Å². The van der Waals surface area contributed by atoms with Gasteiger partial charge in [-0.15, -0.1) is 0 Å². The first kappa shape index (κ1) is 16.1. The SMILES string of the molecule is COc1ccc(N2CCN(NC(=O)Oc3ccccc3)CC2)cc1. The second-order valence-electron chi connectivity index (χ2n) is 5.49. The third-order valence-corrected chi connectivity index (χ3v) is 3.92. The molecule has 6 heteroatoms. The van der Waals surface area contributed by atoms with Crippen LogP contribution in [0.5, 0.6) is 11.5 Å². The van der Waals surface area contributed by atoms with Crippen LogP contribution in [0.25, 0.3) is 0 Å². The first-order chi connectivity index (χ1) is 11.7. The molecule has 6 nitrogen and oxygen atoms in total. The van der Waals surface area contributed by atoms with Gasteiger partial charge in [0.15, 0.2) is 0 Å². The van der Waals surface area contributed by atoms with Crippen LogP contribution in [0.3, 0.4) is 0 Å². The van der Waals surface area contributed by atoms with Gasteiger partial charge in [-0.05, 0) is 36.4 Å². The molecule has 0 aromatic heterocycles. The summed E-state index contributed by atoms with van der Waals surface area (Å²) in [5, 5.41) is 1.88. The van der Waals surface area contributed by atoms with Crippen LogP contribution in [0.4, 0.5) is 10.5 Å². The van der Waals surface area contributed by atoms with Gasteiger partial charge in [0.2, 0.25) is 0 Å². The average Bonchev–Trinajstić information content (AvgIpc) is 2.63. The summed E-state index contributed by atoms with van der Waals surface area (Å²) in [4.78, 5) is 14.2. The van der Waals surface area contributed by atoms with E-state index in [2.05, 4.69) is 10.3 Å². The molecule has 1 heterocycles. The minimum atomic E-state index is -0.459. The number of nitrogens with one attached hydrogen (secondary N) is 1. The van der Waals surface area contributed by atoms with Gasteiger partial charge in [-0.3, -0.25) is 5.43 Å². The highest BCUT2D eigenvalue weighted by atomic mass is 16.6. The minimum absolute atomic E-state index is 0.459. The summed E-state index contributed by atoms with van der Waals surface area (Å²) in [5.74, 6) is 1.38. The van der Waals surface area contributed by atoms with Gasteiger partial charge in [-0.1, -0.05) is 18.2 Å². The number of hydrogen-bond acceptors (Lipinski definition) is 5. The van der Waals surface area contributed by atoms with Gasteiger partial charge in [0, 0.05) is 31.9 Å². The van der Waals surface area contributed by atoms with Gasteiger partial charge in [0.1, 0.15) is 11.5 Å². The highest BCUT2D eigenvalue weighted by molar-refractivity contribution is 5.69. The molecule has 126 valence electrons. The Morgan fingerprint density at radius 3 is 2.21 bits per heavy atom. The van der Waals surface area contributed by atoms with Crippen LogP contribution in [0.2, 0.25) is 0 Å². The van der Waals surface area contributed by atoms with E-state index in [1.54, 1.807) is 19.2 Å². The number of methoxy groups -OCH3 is 1. The topological polar surface area (TPSA) is 54.0 Å². The van der Waals surface area contributed by atoms with E-state index in [1.807, 2.05) is 47.5 Å². The fourth-order valence-electron chi connectivity index (χ4n) is 2.62. The number of anilines is 1. The average molecular weight is 327 g/mol. The van der Waals surface area contributed by atoms with Crippen molar-refractivity contribution in [2.75, 3.05) is 38.2 Å². The summed E-state index contributed by atoms with van der Waals surface area (Å²) in [6.07, 6.45) is -0.459. The fraction of sp³-hybridized carbons (Fsp3) is 0.278. The zero-order chi connectivity index (χ0) is 16.8. The molecular formula is C18H21N3O3. The molecule has 2 aromatic carbocycles. The predicted molar refractivity (Wildman–Crippen MR) is 92.4 cm³/mol. The Kier molecular flexibility index (Phi) is 5.18. The molecule has 0 bridgehead atoms. The van der Waals surface area contributed by atoms with Crippen molar-refractivity contribution in [3.63, 3.8) is 0 Å². The van der Waals surface area contributed by atoms with Crippen LogP contribution in [-0.4, -0.2) is 44.4 Å². The molecule has 1 fully saturated rings. The summed E-state index contributed by atoms with van der Waals surface area (Å²) in [6.45, 7) is 3.13. The standard InChI is InChI=1S/C18H21N3O3/c1-23-16-9-7-15(8-10-16)20-11-13-21(14-12-20)19-18(22)24-17-5-3-2-4-6-17/h2-10H,11-14H2,1H3,(H,19,22). The van der Waals surface area contributed by atoms with Crippen molar-refractivity contribution in [3.05, 3.63) is 54.6 Å². The van der Waals surface area contributed by atoms with E-state index in [0.29, 0.717) is 5.75 Å². The summed E-state index contributed by atoms with van der Waals surface area (Å²) >= 11 is 0. The lowest BCUT2D eigenvalue weighted by Crippen LogP contribution is -2.54. The molecule has 3 rings (SSSR count). The lowest BCUT2D eigenvalue weighted by atomic mass is 10.2. The Morgan fingerprint density at radius 1 is 0.917 bits per heavy atom. The van der Waals surface area contributed by atoms with E-state index in [1.165, 1.54) is 0 Å². The number of carbonyl (C=O) groups is 1. The highest BCUT2D eigenvalue weighted by Crippen LogP contribution is 2.20. The molecule has 0 unspecified atom stereocenters. The van der Waals surface area contributed by atoms with Crippen LogP contribution in [0.15, 0.2) is 54.6 Å². The van der Waals surface area contributed by atoms with Gasteiger partial charge in [0.25, 0.3) is 0 Å². The van der Waals surface area contributed by atoms with Gasteiger partial charge in [-0.2, -0.15) is 0 Å². The quantitative estimate of drug-likeness (QED) is 0.935. The highest BCUT2D eigenvalue weighted by Gasteiger charge is 2.19. The molecule has 1 aliphatic rings. The Balaban J connectivity index is 1.47. The number of piperazine rings is 1. The van der Waals surface area contributed by atoms with E-state index in [0.717, 1.165) is 37.6 Å². The molecule has 1 saturated heterocycles. The smallest absolute Gasteiger partial charge is 0.427 e. The van der Waals surface area contributed by atoms with Crippen molar-refractivity contribution >= 4 is 11.8 Å². The second kappa shape index (κ2) is 7.70. The normalized spacial score (nSPS) is 15.0. The Labute approximate surface area is 141 Å². The minimum Gasteiger partial charge on any atom is -0.497 e. The van der Waals surface area contributed by atoms with Gasteiger partial charge in [-0.25, -0.2) is 9.80 Å². The number of hydrogen-bond donors (Lipinski definition) is 1. The second-order valence-corrected chi connectivity index (χ2v) is 5.49. The molecule has 1 aliphatic heterocycles.